The lowest BCUT2D eigenvalue weighted by molar-refractivity contribution is 0.408. The summed E-state index contributed by atoms with van der Waals surface area (Å²) >= 11 is 0. The van der Waals surface area contributed by atoms with Crippen LogP contribution in [-0.2, 0) is 0 Å². The van der Waals surface area contributed by atoms with E-state index in [-0.39, 0.29) is 0 Å². The molecule has 0 aromatic heterocycles. The zero-order chi connectivity index (χ0) is 13.8. The van der Waals surface area contributed by atoms with E-state index in [1.54, 1.807) is 0 Å². The molecule has 0 saturated carbocycles. The molecule has 0 spiro atoms. The first-order valence-electron chi connectivity index (χ1n) is 6.36. The normalized spacial score (nSPS) is 13.4. The summed E-state index contributed by atoms with van der Waals surface area (Å²) in [5.41, 5.74) is 4.94. The molecule has 0 aliphatic heterocycles. The zero-order valence-electron chi connectivity index (χ0n) is 12.7. The first-order chi connectivity index (χ1) is 7.54. The number of hydrogen-bond donors (Lipinski definition) is 1. The second-order valence-electron chi connectivity index (χ2n) is 6.40. The first kappa shape index (κ1) is 16.0. The van der Waals surface area contributed by atoms with Gasteiger partial charge in [0.15, 0.2) is 0 Å². The van der Waals surface area contributed by atoms with E-state index >= 15 is 0 Å². The molecule has 0 bridgehead atoms. The third kappa shape index (κ3) is 6.35. The Kier molecular flexibility index (Phi) is 5.74. The van der Waals surface area contributed by atoms with Crippen LogP contribution in [0.5, 0.6) is 0 Å². The molecule has 0 heterocycles. The molecule has 0 saturated heterocycles. The molecule has 0 aromatic rings. The number of rotatable bonds is 5. The molecule has 0 aromatic carbocycles. The Morgan fingerprint density at radius 2 is 1.59 bits per heavy atom. The monoisotopic (exact) mass is 235 g/mol. The fourth-order valence-electron chi connectivity index (χ4n) is 1.85. The molecule has 98 valence electrons. The minimum Gasteiger partial charge on any atom is -0.383 e. The zero-order valence-corrected chi connectivity index (χ0v) is 12.7. The van der Waals surface area contributed by atoms with E-state index in [4.69, 9.17) is 0 Å². The molecule has 1 N–H and O–H groups in total. The quantitative estimate of drug-likeness (QED) is 0.673. The van der Waals surface area contributed by atoms with E-state index in [0.717, 1.165) is 17.7 Å². The standard InChI is InChI=1S/C16H29N/c1-11(2)17-15(6)14(5)13(4)12(3)10-16(7,8)9/h11,17H,5-6,10H2,1-4,7-9H3/b13-12-. The average molecular weight is 235 g/mol. The smallest absolute Gasteiger partial charge is 0.0339 e. The van der Waals surface area contributed by atoms with Crippen molar-refractivity contribution in [1.82, 2.24) is 5.32 Å². The molecule has 1 heteroatoms. The second kappa shape index (κ2) is 6.09. The van der Waals surface area contributed by atoms with Crippen LogP contribution in [-0.4, -0.2) is 6.04 Å². The lowest BCUT2D eigenvalue weighted by Crippen LogP contribution is -2.22. The fourth-order valence-corrected chi connectivity index (χ4v) is 1.85. The molecule has 0 atom stereocenters. The highest BCUT2D eigenvalue weighted by Crippen LogP contribution is 2.28. The van der Waals surface area contributed by atoms with Crippen molar-refractivity contribution in [2.45, 2.75) is 60.9 Å². The summed E-state index contributed by atoms with van der Waals surface area (Å²) in [5, 5.41) is 3.31. The van der Waals surface area contributed by atoms with Crippen molar-refractivity contribution in [3.63, 3.8) is 0 Å². The summed E-state index contributed by atoms with van der Waals surface area (Å²) in [5.74, 6) is 0. The predicted molar refractivity (Wildman–Crippen MR) is 79.0 cm³/mol. The molecule has 0 amide bonds. The van der Waals surface area contributed by atoms with Crippen LogP contribution in [0.3, 0.4) is 0 Å². The Hall–Kier alpha value is -0.980. The van der Waals surface area contributed by atoms with Gasteiger partial charge in [0.05, 0.1) is 0 Å². The third-order valence-electron chi connectivity index (χ3n) is 2.72. The molecular formula is C16H29N. The Bertz CT molecular complexity index is 324. The van der Waals surface area contributed by atoms with Crippen molar-refractivity contribution in [2.24, 2.45) is 5.41 Å². The summed E-state index contributed by atoms with van der Waals surface area (Å²) in [6.45, 7) is 23.5. The van der Waals surface area contributed by atoms with Gasteiger partial charge in [-0.3, -0.25) is 0 Å². The van der Waals surface area contributed by atoms with Gasteiger partial charge in [0.1, 0.15) is 0 Å². The highest BCUT2D eigenvalue weighted by atomic mass is 14.9. The molecule has 0 radical (unpaired) electrons. The summed E-state index contributed by atoms with van der Waals surface area (Å²) in [7, 11) is 0. The van der Waals surface area contributed by atoms with Gasteiger partial charge in [-0.2, -0.15) is 0 Å². The number of nitrogens with one attached hydrogen (secondary N) is 1. The summed E-state index contributed by atoms with van der Waals surface area (Å²) in [6, 6.07) is 0.398. The summed E-state index contributed by atoms with van der Waals surface area (Å²) in [4.78, 5) is 0. The molecular weight excluding hydrogens is 206 g/mol. The molecule has 0 rings (SSSR count). The van der Waals surface area contributed by atoms with Gasteiger partial charge >= 0.3 is 0 Å². The van der Waals surface area contributed by atoms with Gasteiger partial charge < -0.3 is 5.32 Å². The molecule has 0 unspecified atom stereocenters. The predicted octanol–water partition coefficient (Wildman–Crippen LogP) is 4.83. The summed E-state index contributed by atoms with van der Waals surface area (Å²) < 4.78 is 0. The molecule has 1 nitrogen and oxygen atoms in total. The van der Waals surface area contributed by atoms with E-state index in [1.165, 1.54) is 11.1 Å². The van der Waals surface area contributed by atoms with Gasteiger partial charge in [0.2, 0.25) is 0 Å². The second-order valence-corrected chi connectivity index (χ2v) is 6.40. The SMILES string of the molecule is C=C(NC(C)C)C(=C)/C(C)=C(/C)CC(C)(C)C. The summed E-state index contributed by atoms with van der Waals surface area (Å²) in [6.07, 6.45) is 1.09. The highest BCUT2D eigenvalue weighted by molar-refractivity contribution is 5.43. The minimum absolute atomic E-state index is 0.318. The lowest BCUT2D eigenvalue weighted by atomic mass is 9.85. The van der Waals surface area contributed by atoms with Gasteiger partial charge in [-0.15, -0.1) is 0 Å². The largest absolute Gasteiger partial charge is 0.383 e. The molecule has 0 aliphatic carbocycles. The van der Waals surface area contributed by atoms with Gasteiger partial charge in [-0.05, 0) is 50.7 Å². The topological polar surface area (TPSA) is 12.0 Å². The highest BCUT2D eigenvalue weighted by Gasteiger charge is 2.14. The van der Waals surface area contributed by atoms with Crippen LogP contribution < -0.4 is 5.32 Å². The number of allylic oxidation sites excluding steroid dienone is 2. The van der Waals surface area contributed by atoms with E-state index in [0.29, 0.717) is 11.5 Å². The van der Waals surface area contributed by atoms with Crippen LogP contribution in [0.4, 0.5) is 0 Å². The van der Waals surface area contributed by atoms with E-state index < -0.39 is 0 Å². The van der Waals surface area contributed by atoms with Crippen molar-refractivity contribution in [2.75, 3.05) is 0 Å². The van der Waals surface area contributed by atoms with E-state index in [2.05, 4.69) is 66.9 Å². The molecule has 0 aliphatic rings. The van der Waals surface area contributed by atoms with Crippen molar-refractivity contribution >= 4 is 0 Å². The van der Waals surface area contributed by atoms with Crippen LogP contribution in [0.2, 0.25) is 0 Å². The van der Waals surface area contributed by atoms with Crippen LogP contribution in [0.25, 0.3) is 0 Å². The van der Waals surface area contributed by atoms with E-state index in [9.17, 15) is 0 Å². The first-order valence-corrected chi connectivity index (χ1v) is 6.36. The maximum Gasteiger partial charge on any atom is 0.0339 e. The van der Waals surface area contributed by atoms with Crippen molar-refractivity contribution in [3.05, 3.63) is 35.6 Å². The van der Waals surface area contributed by atoms with Crippen molar-refractivity contribution in [3.8, 4) is 0 Å². The molecule has 17 heavy (non-hydrogen) atoms. The fraction of sp³-hybridized carbons (Fsp3) is 0.625. The van der Waals surface area contributed by atoms with Crippen LogP contribution >= 0.6 is 0 Å². The maximum atomic E-state index is 4.14. The Morgan fingerprint density at radius 3 is 1.94 bits per heavy atom. The third-order valence-corrected chi connectivity index (χ3v) is 2.72. The van der Waals surface area contributed by atoms with Crippen LogP contribution in [0, 0.1) is 5.41 Å². The average Bonchev–Trinajstić information content (AvgIpc) is 2.11. The number of hydrogen-bond acceptors (Lipinski definition) is 1. The van der Waals surface area contributed by atoms with Crippen LogP contribution in [0.15, 0.2) is 35.6 Å². The van der Waals surface area contributed by atoms with Gasteiger partial charge in [0.25, 0.3) is 0 Å². The van der Waals surface area contributed by atoms with Gasteiger partial charge in [0, 0.05) is 11.7 Å². The Balaban J connectivity index is 4.79. The Morgan fingerprint density at radius 1 is 1.12 bits per heavy atom. The van der Waals surface area contributed by atoms with Crippen molar-refractivity contribution < 1.29 is 0 Å². The van der Waals surface area contributed by atoms with Gasteiger partial charge in [-0.25, -0.2) is 0 Å². The van der Waals surface area contributed by atoms with E-state index in [1.807, 2.05) is 0 Å². The van der Waals surface area contributed by atoms with Crippen LogP contribution in [0.1, 0.15) is 54.9 Å². The lowest BCUT2D eigenvalue weighted by Gasteiger charge is -2.22. The minimum atomic E-state index is 0.318. The molecule has 0 fully saturated rings. The van der Waals surface area contributed by atoms with Crippen molar-refractivity contribution in [1.29, 1.82) is 0 Å². The van der Waals surface area contributed by atoms with Gasteiger partial charge in [-0.1, -0.05) is 39.5 Å². The Labute approximate surface area is 108 Å². The maximum absolute atomic E-state index is 4.14.